The molecule has 0 amide bonds. The minimum Gasteiger partial charge on any atom is -0.208 e. The molecule has 0 saturated heterocycles. The first-order valence-corrected chi connectivity index (χ1v) is 8.58. The van der Waals surface area contributed by atoms with Gasteiger partial charge in [0.05, 0.1) is 14.9 Å². The van der Waals surface area contributed by atoms with Crippen LogP contribution in [0.4, 0.5) is 0 Å². The van der Waals surface area contributed by atoms with Crippen molar-refractivity contribution >= 4 is 33.2 Å². The zero-order chi connectivity index (χ0) is 14.5. The number of benzene rings is 1. The zero-order valence-corrected chi connectivity index (χ0v) is 13.4. The molecule has 0 heterocycles. The summed E-state index contributed by atoms with van der Waals surface area (Å²) in [7, 11) is -3.53. The van der Waals surface area contributed by atoms with Gasteiger partial charge in [0.2, 0.25) is 10.0 Å². The van der Waals surface area contributed by atoms with E-state index in [9.17, 15) is 8.42 Å². The molecule has 0 saturated carbocycles. The van der Waals surface area contributed by atoms with Crippen LogP contribution >= 0.6 is 23.2 Å². The van der Waals surface area contributed by atoms with Gasteiger partial charge >= 0.3 is 0 Å². The van der Waals surface area contributed by atoms with Crippen molar-refractivity contribution in [3.05, 3.63) is 28.2 Å². The highest BCUT2D eigenvalue weighted by molar-refractivity contribution is 7.89. The molecule has 1 rings (SSSR count). The molecule has 0 aromatic heterocycles. The highest BCUT2D eigenvalue weighted by Gasteiger charge is 2.18. The Kier molecular flexibility index (Phi) is 6.60. The van der Waals surface area contributed by atoms with E-state index in [1.165, 1.54) is 18.2 Å². The Balaban J connectivity index is 2.72. The van der Waals surface area contributed by atoms with Crippen LogP contribution in [0.3, 0.4) is 0 Å². The molecule has 0 aliphatic rings. The standard InChI is InChI=1S/C13H19Cl2NO2S/c1-3-4-5-6-10(2)16-19(17,18)11-7-8-12(14)13(15)9-11/h7-10,16H,3-6H2,1-2H3. The number of hydrogen-bond acceptors (Lipinski definition) is 2. The topological polar surface area (TPSA) is 46.2 Å². The van der Waals surface area contributed by atoms with Gasteiger partial charge in [-0.3, -0.25) is 0 Å². The van der Waals surface area contributed by atoms with Gasteiger partial charge in [-0.05, 0) is 31.5 Å². The van der Waals surface area contributed by atoms with Crippen LogP contribution in [0, 0.1) is 0 Å². The van der Waals surface area contributed by atoms with Crippen LogP contribution in [-0.2, 0) is 10.0 Å². The molecule has 0 spiro atoms. The van der Waals surface area contributed by atoms with Crippen molar-refractivity contribution in [1.82, 2.24) is 4.72 Å². The third-order valence-corrected chi connectivity index (χ3v) is 5.12. The number of sulfonamides is 1. The van der Waals surface area contributed by atoms with E-state index in [1.54, 1.807) is 0 Å². The first-order chi connectivity index (χ1) is 8.86. The summed E-state index contributed by atoms with van der Waals surface area (Å²) in [5, 5.41) is 0.583. The van der Waals surface area contributed by atoms with Gasteiger partial charge in [0, 0.05) is 6.04 Å². The summed E-state index contributed by atoms with van der Waals surface area (Å²) in [6.07, 6.45) is 4.07. The number of unbranched alkanes of at least 4 members (excludes halogenated alkanes) is 2. The maximum Gasteiger partial charge on any atom is 0.240 e. The SMILES string of the molecule is CCCCCC(C)NS(=O)(=O)c1ccc(Cl)c(Cl)c1. The molecule has 1 N–H and O–H groups in total. The Morgan fingerprint density at radius 3 is 2.47 bits per heavy atom. The van der Waals surface area contributed by atoms with Crippen LogP contribution in [0.1, 0.15) is 39.5 Å². The van der Waals surface area contributed by atoms with Crippen molar-refractivity contribution in [2.45, 2.75) is 50.5 Å². The normalized spacial score (nSPS) is 13.5. The van der Waals surface area contributed by atoms with Crippen LogP contribution in [-0.4, -0.2) is 14.5 Å². The van der Waals surface area contributed by atoms with E-state index in [2.05, 4.69) is 11.6 Å². The van der Waals surface area contributed by atoms with Crippen molar-refractivity contribution in [3.8, 4) is 0 Å². The fourth-order valence-corrected chi connectivity index (χ4v) is 3.40. The third-order valence-electron chi connectivity index (χ3n) is 2.80. The molecule has 1 aromatic carbocycles. The van der Waals surface area contributed by atoms with E-state index < -0.39 is 10.0 Å². The molecule has 0 bridgehead atoms. The second kappa shape index (κ2) is 7.48. The van der Waals surface area contributed by atoms with Crippen molar-refractivity contribution in [2.75, 3.05) is 0 Å². The molecule has 0 aliphatic carbocycles. The largest absolute Gasteiger partial charge is 0.240 e. The Labute approximate surface area is 125 Å². The number of halogens is 2. The van der Waals surface area contributed by atoms with Gasteiger partial charge in [-0.25, -0.2) is 13.1 Å². The fraction of sp³-hybridized carbons (Fsp3) is 0.538. The lowest BCUT2D eigenvalue weighted by molar-refractivity contribution is 0.527. The first kappa shape index (κ1) is 16.8. The fourth-order valence-electron chi connectivity index (χ4n) is 1.74. The van der Waals surface area contributed by atoms with E-state index >= 15 is 0 Å². The van der Waals surface area contributed by atoms with E-state index in [-0.39, 0.29) is 16.0 Å². The van der Waals surface area contributed by atoms with Gasteiger partial charge < -0.3 is 0 Å². The summed E-state index contributed by atoms with van der Waals surface area (Å²) in [5.41, 5.74) is 0. The second-order valence-electron chi connectivity index (χ2n) is 4.59. The molecule has 1 atom stereocenters. The molecule has 1 unspecified atom stereocenters. The molecule has 1 aromatic rings. The summed E-state index contributed by atoms with van der Waals surface area (Å²) in [6.45, 7) is 3.98. The summed E-state index contributed by atoms with van der Waals surface area (Å²) < 4.78 is 26.9. The molecule has 108 valence electrons. The van der Waals surface area contributed by atoms with Gasteiger partial charge in [0.25, 0.3) is 0 Å². The average Bonchev–Trinajstić information content (AvgIpc) is 2.32. The summed E-state index contributed by atoms with van der Waals surface area (Å²) in [4.78, 5) is 0.143. The van der Waals surface area contributed by atoms with Crippen molar-refractivity contribution < 1.29 is 8.42 Å². The van der Waals surface area contributed by atoms with Gasteiger partial charge in [-0.2, -0.15) is 0 Å². The Morgan fingerprint density at radius 1 is 1.21 bits per heavy atom. The highest BCUT2D eigenvalue weighted by Crippen LogP contribution is 2.24. The van der Waals surface area contributed by atoms with Gasteiger partial charge in [-0.15, -0.1) is 0 Å². The molecule has 19 heavy (non-hydrogen) atoms. The average molecular weight is 324 g/mol. The first-order valence-electron chi connectivity index (χ1n) is 6.34. The van der Waals surface area contributed by atoms with Crippen molar-refractivity contribution in [2.24, 2.45) is 0 Å². The summed E-state index contributed by atoms with van der Waals surface area (Å²) in [6, 6.07) is 4.21. The minimum absolute atomic E-state index is 0.0917. The van der Waals surface area contributed by atoms with Crippen molar-refractivity contribution in [3.63, 3.8) is 0 Å². The Bertz CT molecular complexity index is 517. The van der Waals surface area contributed by atoms with Crippen LogP contribution in [0.25, 0.3) is 0 Å². The Morgan fingerprint density at radius 2 is 1.89 bits per heavy atom. The third kappa shape index (κ3) is 5.30. The zero-order valence-electron chi connectivity index (χ0n) is 11.1. The lowest BCUT2D eigenvalue weighted by Gasteiger charge is -2.14. The van der Waals surface area contributed by atoms with E-state index in [4.69, 9.17) is 23.2 Å². The van der Waals surface area contributed by atoms with Gasteiger partial charge in [0.1, 0.15) is 0 Å². The van der Waals surface area contributed by atoms with Crippen LogP contribution < -0.4 is 4.72 Å². The van der Waals surface area contributed by atoms with E-state index in [1.807, 2.05) is 6.92 Å². The lowest BCUT2D eigenvalue weighted by Crippen LogP contribution is -2.32. The smallest absolute Gasteiger partial charge is 0.208 e. The molecule has 6 heteroatoms. The van der Waals surface area contributed by atoms with E-state index in [0.717, 1.165) is 25.7 Å². The maximum absolute atomic E-state index is 12.1. The molecule has 0 aliphatic heterocycles. The predicted octanol–water partition coefficient (Wildman–Crippen LogP) is 4.24. The molecule has 0 radical (unpaired) electrons. The Hall–Kier alpha value is -0.290. The van der Waals surface area contributed by atoms with Gasteiger partial charge in [-0.1, -0.05) is 49.4 Å². The van der Waals surface area contributed by atoms with E-state index in [0.29, 0.717) is 5.02 Å². The quantitative estimate of drug-likeness (QED) is 0.763. The van der Waals surface area contributed by atoms with Crippen LogP contribution in [0.5, 0.6) is 0 Å². The number of nitrogens with one attached hydrogen (secondary N) is 1. The van der Waals surface area contributed by atoms with Crippen LogP contribution in [0.15, 0.2) is 23.1 Å². The minimum atomic E-state index is -3.53. The molecule has 0 fully saturated rings. The van der Waals surface area contributed by atoms with Crippen molar-refractivity contribution in [1.29, 1.82) is 0 Å². The maximum atomic E-state index is 12.1. The highest BCUT2D eigenvalue weighted by atomic mass is 35.5. The second-order valence-corrected chi connectivity index (χ2v) is 7.12. The monoisotopic (exact) mass is 323 g/mol. The van der Waals surface area contributed by atoms with Gasteiger partial charge in [0.15, 0.2) is 0 Å². The summed E-state index contributed by atoms with van der Waals surface area (Å²) in [5.74, 6) is 0. The predicted molar refractivity (Wildman–Crippen MR) is 80.4 cm³/mol. The van der Waals surface area contributed by atoms with Crippen LogP contribution in [0.2, 0.25) is 10.0 Å². The molecule has 3 nitrogen and oxygen atoms in total. The summed E-state index contributed by atoms with van der Waals surface area (Å²) >= 11 is 11.6. The number of rotatable bonds is 7. The molecular weight excluding hydrogens is 305 g/mol. The number of hydrogen-bond donors (Lipinski definition) is 1. The lowest BCUT2D eigenvalue weighted by atomic mass is 10.1. The molecular formula is C13H19Cl2NO2S.